The fourth-order valence-corrected chi connectivity index (χ4v) is 5.90. The summed E-state index contributed by atoms with van der Waals surface area (Å²) in [4.78, 5) is 17.1. The van der Waals surface area contributed by atoms with Crippen molar-refractivity contribution in [1.29, 1.82) is 0 Å². The van der Waals surface area contributed by atoms with E-state index in [-0.39, 0.29) is 12.6 Å². The lowest BCUT2D eigenvalue weighted by atomic mass is 10.0. The fourth-order valence-electron chi connectivity index (χ4n) is 5.90. The Balaban J connectivity index is 1.26. The van der Waals surface area contributed by atoms with Crippen molar-refractivity contribution in [2.24, 2.45) is 0 Å². The number of alkyl halides is 3. The number of halogens is 3. The Morgan fingerprint density at radius 3 is 1.63 bits per heavy atom. The van der Waals surface area contributed by atoms with Gasteiger partial charge in [0.1, 0.15) is 5.75 Å². The molecule has 3 aromatic rings. The van der Waals surface area contributed by atoms with Crippen molar-refractivity contribution < 1.29 is 32.2 Å². The number of nitrogens with zero attached hydrogens (tertiary/aromatic N) is 1. The number of rotatable bonds is 27. The predicted octanol–water partition coefficient (Wildman–Crippen LogP) is 13.0. The van der Waals surface area contributed by atoms with Crippen LogP contribution in [-0.2, 0) is 9.47 Å². The highest BCUT2D eigenvalue weighted by atomic mass is 19.4. The Labute approximate surface area is 304 Å². The van der Waals surface area contributed by atoms with Gasteiger partial charge in [-0.15, -0.1) is 0 Å². The van der Waals surface area contributed by atoms with Crippen molar-refractivity contribution in [2.75, 3.05) is 19.8 Å². The number of ether oxygens (including phenoxy) is 3. The van der Waals surface area contributed by atoms with Gasteiger partial charge in [-0.25, -0.2) is 4.79 Å². The molecule has 0 saturated carbocycles. The van der Waals surface area contributed by atoms with E-state index in [0.717, 1.165) is 67.3 Å². The molecule has 0 radical (unpaired) electrons. The maximum Gasteiger partial charge on any atom is 0.414 e. The zero-order chi connectivity index (χ0) is 36.6. The molecule has 51 heavy (non-hydrogen) atoms. The Bertz CT molecular complexity index is 1330. The van der Waals surface area contributed by atoms with Crippen LogP contribution in [-0.4, -0.2) is 43.1 Å². The number of esters is 1. The highest BCUT2D eigenvalue weighted by Crippen LogP contribution is 2.26. The van der Waals surface area contributed by atoms with Gasteiger partial charge in [0, 0.05) is 23.9 Å². The predicted molar refractivity (Wildman–Crippen MR) is 201 cm³/mol. The number of benzene rings is 2. The average molecular weight is 712 g/mol. The first-order valence-electron chi connectivity index (χ1n) is 19.4. The quantitative estimate of drug-likeness (QED) is 0.0582. The van der Waals surface area contributed by atoms with Crippen LogP contribution in [0.3, 0.4) is 0 Å². The zero-order valence-electron chi connectivity index (χ0n) is 31.0. The fraction of sp³-hybridized carbons (Fsp3) is 0.581. The molecule has 1 heterocycles. The van der Waals surface area contributed by atoms with Crippen molar-refractivity contribution in [2.45, 2.75) is 142 Å². The van der Waals surface area contributed by atoms with Crippen molar-refractivity contribution >= 4 is 5.97 Å². The molecule has 2 aromatic carbocycles. The topological polar surface area (TPSA) is 57.7 Å². The molecule has 8 heteroatoms. The number of carbonyl (C=O) groups is 1. The lowest BCUT2D eigenvalue weighted by Gasteiger charge is -2.16. The van der Waals surface area contributed by atoms with E-state index in [0.29, 0.717) is 25.0 Å². The Hall–Kier alpha value is -3.39. The molecule has 0 aliphatic rings. The summed E-state index contributed by atoms with van der Waals surface area (Å²) in [5.41, 5.74) is 4.30. The van der Waals surface area contributed by atoms with Crippen molar-refractivity contribution in [1.82, 2.24) is 4.98 Å². The number of unbranched alkanes of at least 4 members (excludes halogenated alkanes) is 16. The van der Waals surface area contributed by atoms with Crippen molar-refractivity contribution in [3.8, 4) is 28.1 Å². The van der Waals surface area contributed by atoms with Crippen LogP contribution in [0.5, 0.6) is 5.75 Å². The van der Waals surface area contributed by atoms with Gasteiger partial charge in [-0.1, -0.05) is 121 Å². The maximum absolute atomic E-state index is 12.5. The lowest BCUT2D eigenvalue weighted by molar-refractivity contribution is -0.214. The molecule has 0 aliphatic carbocycles. The van der Waals surface area contributed by atoms with Crippen LogP contribution < -0.4 is 4.74 Å². The molecule has 0 N–H and O–H groups in total. The molecule has 1 aromatic heterocycles. The smallest absolute Gasteiger partial charge is 0.414 e. The Morgan fingerprint density at radius 1 is 0.608 bits per heavy atom. The molecule has 282 valence electrons. The number of hydrogen-bond donors (Lipinski definition) is 0. The lowest BCUT2D eigenvalue weighted by Crippen LogP contribution is -2.28. The van der Waals surface area contributed by atoms with Crippen LogP contribution >= 0.6 is 0 Å². The molecular weight excluding hydrogens is 651 g/mol. The van der Waals surface area contributed by atoms with Gasteiger partial charge in [-0.05, 0) is 74.2 Å². The summed E-state index contributed by atoms with van der Waals surface area (Å²) in [5.74, 6) is 0.510. The summed E-state index contributed by atoms with van der Waals surface area (Å²) in [5, 5.41) is 0. The molecule has 0 bridgehead atoms. The van der Waals surface area contributed by atoms with E-state index in [4.69, 9.17) is 14.2 Å². The van der Waals surface area contributed by atoms with E-state index >= 15 is 0 Å². The highest BCUT2D eigenvalue weighted by Gasteiger charge is 2.36. The van der Waals surface area contributed by atoms with Gasteiger partial charge in [-0.2, -0.15) is 13.2 Å². The SMILES string of the molecule is CCCCCCCCCCCCCCCOc1ccc(-c2ccc(-c3ccc(C(=O)OCCCCCCCOC(C)C(F)(F)F)cc3)cn2)cc1. The molecule has 1 atom stereocenters. The zero-order valence-corrected chi connectivity index (χ0v) is 31.0. The summed E-state index contributed by atoms with van der Waals surface area (Å²) in [7, 11) is 0. The highest BCUT2D eigenvalue weighted by molar-refractivity contribution is 5.90. The molecule has 0 saturated heterocycles. The third-order valence-corrected chi connectivity index (χ3v) is 9.23. The molecule has 3 rings (SSSR count). The normalized spacial score (nSPS) is 12.2. The summed E-state index contributed by atoms with van der Waals surface area (Å²) >= 11 is 0. The van der Waals surface area contributed by atoms with Crippen molar-refractivity contribution in [3.63, 3.8) is 0 Å². The van der Waals surface area contributed by atoms with Gasteiger partial charge in [0.15, 0.2) is 6.10 Å². The Kier molecular flexibility index (Phi) is 20.4. The minimum atomic E-state index is -4.32. The van der Waals surface area contributed by atoms with Gasteiger partial charge < -0.3 is 14.2 Å². The van der Waals surface area contributed by atoms with Crippen LogP contribution in [0.2, 0.25) is 0 Å². The largest absolute Gasteiger partial charge is 0.494 e. The number of aromatic nitrogens is 1. The molecule has 0 aliphatic heterocycles. The molecular formula is C43H60F3NO4. The standard InChI is InChI=1S/C43H60F3NO4/c1-3-4-5-6-7-8-9-10-11-12-13-15-19-32-50-40-28-25-37(26-29-40)41-30-27-39(34-47-41)36-21-23-38(24-22-36)42(48)51-33-20-17-14-16-18-31-49-35(2)43(44,45)46/h21-30,34-35H,3-20,31-33H2,1-2H3. The molecule has 0 amide bonds. The summed E-state index contributed by atoms with van der Waals surface area (Å²) in [6.45, 7) is 4.44. The van der Waals surface area contributed by atoms with E-state index in [1.807, 2.05) is 54.7 Å². The van der Waals surface area contributed by atoms with Crippen LogP contribution in [0.25, 0.3) is 22.4 Å². The van der Waals surface area contributed by atoms with E-state index < -0.39 is 12.3 Å². The Morgan fingerprint density at radius 2 is 1.10 bits per heavy atom. The van der Waals surface area contributed by atoms with Crippen LogP contribution in [0.15, 0.2) is 66.9 Å². The summed E-state index contributed by atoms with van der Waals surface area (Å²) in [6, 6.07) is 19.4. The third-order valence-electron chi connectivity index (χ3n) is 9.23. The summed E-state index contributed by atoms with van der Waals surface area (Å²) < 4.78 is 53.5. The van der Waals surface area contributed by atoms with Gasteiger partial charge in [-0.3, -0.25) is 4.98 Å². The first-order chi connectivity index (χ1) is 24.8. The van der Waals surface area contributed by atoms with Crippen LogP contribution in [0.4, 0.5) is 13.2 Å². The second kappa shape index (κ2) is 24.7. The number of hydrogen-bond acceptors (Lipinski definition) is 5. The van der Waals surface area contributed by atoms with Crippen LogP contribution in [0.1, 0.15) is 140 Å². The van der Waals surface area contributed by atoms with E-state index in [1.54, 1.807) is 12.1 Å². The van der Waals surface area contributed by atoms with Crippen LogP contribution in [0, 0.1) is 0 Å². The van der Waals surface area contributed by atoms with E-state index in [1.165, 1.54) is 77.0 Å². The number of carbonyl (C=O) groups excluding carboxylic acids is 1. The van der Waals surface area contributed by atoms with E-state index in [9.17, 15) is 18.0 Å². The first kappa shape index (κ1) is 42.0. The second-order valence-corrected chi connectivity index (χ2v) is 13.6. The van der Waals surface area contributed by atoms with E-state index in [2.05, 4.69) is 11.9 Å². The minimum Gasteiger partial charge on any atom is -0.494 e. The van der Waals surface area contributed by atoms with Gasteiger partial charge in [0.05, 0.1) is 24.5 Å². The van der Waals surface area contributed by atoms with Gasteiger partial charge in [0.2, 0.25) is 0 Å². The van der Waals surface area contributed by atoms with Gasteiger partial charge >= 0.3 is 12.1 Å². The molecule has 1 unspecified atom stereocenters. The monoisotopic (exact) mass is 711 g/mol. The molecule has 0 spiro atoms. The van der Waals surface area contributed by atoms with Crippen molar-refractivity contribution in [3.05, 3.63) is 72.4 Å². The molecule has 5 nitrogen and oxygen atoms in total. The minimum absolute atomic E-state index is 0.0924. The first-order valence-corrected chi connectivity index (χ1v) is 19.4. The third kappa shape index (κ3) is 17.6. The second-order valence-electron chi connectivity index (χ2n) is 13.6. The van der Waals surface area contributed by atoms with Gasteiger partial charge in [0.25, 0.3) is 0 Å². The number of pyridine rings is 1. The maximum atomic E-state index is 12.5. The summed E-state index contributed by atoms with van der Waals surface area (Å²) in [6.07, 6.45) is 17.0. The average Bonchev–Trinajstić information content (AvgIpc) is 3.14. The molecule has 0 fully saturated rings.